The molecule has 2 rings (SSSR count). The summed E-state index contributed by atoms with van der Waals surface area (Å²) < 4.78 is 10.5. The number of carbonyl (C=O) groups excluding carboxylic acids is 1. The molecule has 0 bridgehead atoms. The zero-order valence-electron chi connectivity index (χ0n) is 14.1. The molecule has 0 atom stereocenters. The van der Waals surface area contributed by atoms with Gasteiger partial charge in [-0.15, -0.1) is 10.2 Å². The molecule has 0 saturated carbocycles. The Labute approximate surface area is 141 Å². The lowest BCUT2D eigenvalue weighted by atomic mass is 10.1. The van der Waals surface area contributed by atoms with Crippen molar-refractivity contribution < 1.29 is 14.3 Å². The summed E-state index contributed by atoms with van der Waals surface area (Å²) in [6.45, 7) is 2.48. The Bertz CT molecular complexity index is 674. The molecule has 1 heterocycles. The fourth-order valence-electron chi connectivity index (χ4n) is 2.10. The minimum absolute atomic E-state index is 0.0848. The summed E-state index contributed by atoms with van der Waals surface area (Å²) in [5.74, 6) is 2.45. The summed E-state index contributed by atoms with van der Waals surface area (Å²) in [7, 11) is 3.23. The van der Waals surface area contributed by atoms with Crippen molar-refractivity contribution in [1.29, 1.82) is 0 Å². The first-order valence-electron chi connectivity index (χ1n) is 7.74. The summed E-state index contributed by atoms with van der Waals surface area (Å²) in [4.78, 5) is 11.3. The van der Waals surface area contributed by atoms with Gasteiger partial charge in [-0.25, -0.2) is 0 Å². The number of amides is 1. The van der Waals surface area contributed by atoms with Crippen molar-refractivity contribution >= 4 is 17.5 Å². The molecular weight excluding hydrogens is 308 g/mol. The van der Waals surface area contributed by atoms with E-state index in [0.717, 1.165) is 12.0 Å². The van der Waals surface area contributed by atoms with Crippen LogP contribution in [0.3, 0.4) is 0 Å². The number of methoxy groups -OCH3 is 2. The zero-order valence-corrected chi connectivity index (χ0v) is 14.1. The molecule has 0 aliphatic heterocycles. The smallest absolute Gasteiger partial charge is 0.225 e. The van der Waals surface area contributed by atoms with E-state index in [1.807, 2.05) is 18.2 Å². The van der Waals surface area contributed by atoms with Gasteiger partial charge in [-0.1, -0.05) is 13.0 Å². The Hall–Kier alpha value is -2.83. The average Bonchev–Trinajstić information content (AvgIpc) is 2.62. The van der Waals surface area contributed by atoms with Crippen LogP contribution in [0.15, 0.2) is 30.3 Å². The van der Waals surface area contributed by atoms with Gasteiger partial charge in [0.1, 0.15) is 5.82 Å². The third-order valence-electron chi connectivity index (χ3n) is 3.42. The number of aromatic nitrogens is 2. The molecule has 7 heteroatoms. The van der Waals surface area contributed by atoms with Crippen molar-refractivity contribution in [1.82, 2.24) is 10.2 Å². The summed E-state index contributed by atoms with van der Waals surface area (Å²) in [6.07, 6.45) is 1.21. The lowest BCUT2D eigenvalue weighted by Gasteiger charge is -2.10. The number of rotatable bonds is 8. The van der Waals surface area contributed by atoms with Gasteiger partial charge in [-0.05, 0) is 36.2 Å². The molecule has 2 N–H and O–H groups in total. The van der Waals surface area contributed by atoms with Gasteiger partial charge in [0.2, 0.25) is 5.91 Å². The highest BCUT2D eigenvalue weighted by Gasteiger charge is 2.05. The number of carbonyl (C=O) groups is 1. The number of nitrogens with one attached hydrogen (secondary N) is 2. The second-order valence-corrected chi connectivity index (χ2v) is 5.07. The van der Waals surface area contributed by atoms with Crippen LogP contribution in [-0.4, -0.2) is 36.9 Å². The molecule has 128 valence electrons. The Balaban J connectivity index is 1.86. The Morgan fingerprint density at radius 3 is 2.38 bits per heavy atom. The van der Waals surface area contributed by atoms with E-state index in [1.165, 1.54) is 0 Å². The van der Waals surface area contributed by atoms with Crippen LogP contribution in [0.25, 0.3) is 0 Å². The predicted molar refractivity (Wildman–Crippen MR) is 92.7 cm³/mol. The fraction of sp³-hybridized carbons (Fsp3) is 0.353. The topological polar surface area (TPSA) is 85.4 Å². The monoisotopic (exact) mass is 330 g/mol. The van der Waals surface area contributed by atoms with E-state index < -0.39 is 0 Å². The van der Waals surface area contributed by atoms with Crippen molar-refractivity contribution in [2.75, 3.05) is 31.4 Å². The van der Waals surface area contributed by atoms with Crippen LogP contribution in [0, 0.1) is 0 Å². The molecule has 1 amide bonds. The van der Waals surface area contributed by atoms with Crippen molar-refractivity contribution in [2.24, 2.45) is 0 Å². The summed E-state index contributed by atoms with van der Waals surface area (Å²) >= 11 is 0. The third-order valence-corrected chi connectivity index (χ3v) is 3.42. The van der Waals surface area contributed by atoms with Crippen molar-refractivity contribution in [3.63, 3.8) is 0 Å². The molecule has 1 aromatic heterocycles. The van der Waals surface area contributed by atoms with E-state index >= 15 is 0 Å². The molecule has 0 spiro atoms. The minimum Gasteiger partial charge on any atom is -0.493 e. The Kier molecular flexibility index (Phi) is 6.36. The summed E-state index contributed by atoms with van der Waals surface area (Å²) in [5.41, 5.74) is 1.12. The van der Waals surface area contributed by atoms with Gasteiger partial charge in [0.05, 0.1) is 14.2 Å². The van der Waals surface area contributed by atoms with E-state index in [2.05, 4.69) is 20.8 Å². The van der Waals surface area contributed by atoms with Gasteiger partial charge in [0.25, 0.3) is 0 Å². The molecule has 24 heavy (non-hydrogen) atoms. The maximum absolute atomic E-state index is 11.3. The van der Waals surface area contributed by atoms with Crippen LogP contribution in [0.1, 0.15) is 18.9 Å². The molecule has 2 aromatic rings. The summed E-state index contributed by atoms with van der Waals surface area (Å²) in [6, 6.07) is 9.35. The lowest BCUT2D eigenvalue weighted by Crippen LogP contribution is -2.12. The van der Waals surface area contributed by atoms with E-state index in [9.17, 15) is 4.79 Å². The quantitative estimate of drug-likeness (QED) is 0.773. The standard InChI is InChI=1S/C17H22N4O3/c1-4-17(22)19-16-8-7-15(20-21-16)18-10-9-12-5-6-13(23-2)14(11-12)24-3/h5-8,11H,4,9-10H2,1-3H3,(H,18,20)(H,19,21,22). The van der Waals surface area contributed by atoms with Crippen molar-refractivity contribution in [2.45, 2.75) is 19.8 Å². The number of hydrogen-bond acceptors (Lipinski definition) is 6. The molecule has 0 aliphatic carbocycles. The molecule has 0 aliphatic rings. The Morgan fingerprint density at radius 1 is 1.04 bits per heavy atom. The maximum Gasteiger partial charge on any atom is 0.225 e. The molecule has 0 fully saturated rings. The zero-order chi connectivity index (χ0) is 17.4. The molecule has 0 radical (unpaired) electrons. The second kappa shape index (κ2) is 8.71. The van der Waals surface area contributed by atoms with Crippen molar-refractivity contribution in [3.8, 4) is 11.5 Å². The molecular formula is C17H22N4O3. The first kappa shape index (κ1) is 17.5. The minimum atomic E-state index is -0.0848. The molecule has 1 aromatic carbocycles. The SMILES string of the molecule is CCC(=O)Nc1ccc(NCCc2ccc(OC)c(OC)c2)nn1. The largest absolute Gasteiger partial charge is 0.493 e. The van der Waals surface area contributed by atoms with Crippen LogP contribution < -0.4 is 20.1 Å². The normalized spacial score (nSPS) is 10.1. The van der Waals surface area contributed by atoms with Gasteiger partial charge in [-0.3, -0.25) is 4.79 Å². The average molecular weight is 330 g/mol. The highest BCUT2D eigenvalue weighted by atomic mass is 16.5. The molecule has 0 saturated heterocycles. The van der Waals surface area contributed by atoms with Gasteiger partial charge in [0, 0.05) is 13.0 Å². The highest BCUT2D eigenvalue weighted by molar-refractivity contribution is 5.89. The lowest BCUT2D eigenvalue weighted by molar-refractivity contribution is -0.115. The fourth-order valence-corrected chi connectivity index (χ4v) is 2.10. The number of benzene rings is 1. The van der Waals surface area contributed by atoms with E-state index in [1.54, 1.807) is 33.3 Å². The van der Waals surface area contributed by atoms with Crippen LogP contribution >= 0.6 is 0 Å². The van der Waals surface area contributed by atoms with Crippen LogP contribution in [0.4, 0.5) is 11.6 Å². The van der Waals surface area contributed by atoms with Gasteiger partial charge in [-0.2, -0.15) is 0 Å². The van der Waals surface area contributed by atoms with Crippen LogP contribution in [-0.2, 0) is 11.2 Å². The number of hydrogen-bond donors (Lipinski definition) is 2. The molecule has 7 nitrogen and oxygen atoms in total. The van der Waals surface area contributed by atoms with Gasteiger partial charge in [0.15, 0.2) is 17.3 Å². The van der Waals surface area contributed by atoms with Gasteiger partial charge >= 0.3 is 0 Å². The van der Waals surface area contributed by atoms with E-state index in [-0.39, 0.29) is 5.91 Å². The first-order valence-corrected chi connectivity index (χ1v) is 7.74. The third kappa shape index (κ3) is 4.84. The van der Waals surface area contributed by atoms with Crippen LogP contribution in [0.5, 0.6) is 11.5 Å². The first-order chi connectivity index (χ1) is 11.7. The Morgan fingerprint density at radius 2 is 1.75 bits per heavy atom. The number of anilines is 2. The summed E-state index contributed by atoms with van der Waals surface area (Å²) in [5, 5.41) is 13.9. The molecule has 0 unspecified atom stereocenters. The maximum atomic E-state index is 11.3. The van der Waals surface area contributed by atoms with E-state index in [0.29, 0.717) is 36.1 Å². The highest BCUT2D eigenvalue weighted by Crippen LogP contribution is 2.27. The van der Waals surface area contributed by atoms with Gasteiger partial charge < -0.3 is 20.1 Å². The number of ether oxygens (including phenoxy) is 2. The van der Waals surface area contributed by atoms with Crippen LogP contribution in [0.2, 0.25) is 0 Å². The van der Waals surface area contributed by atoms with E-state index in [4.69, 9.17) is 9.47 Å². The second-order valence-electron chi connectivity index (χ2n) is 5.07. The van der Waals surface area contributed by atoms with Crippen molar-refractivity contribution in [3.05, 3.63) is 35.9 Å². The predicted octanol–water partition coefficient (Wildman–Crippen LogP) is 2.50. The number of nitrogens with zero attached hydrogens (tertiary/aromatic N) is 2.